The van der Waals surface area contributed by atoms with Crippen LogP contribution < -0.4 is 21.5 Å². The predicted octanol–water partition coefficient (Wildman–Crippen LogP) is 0.859. The number of amides is 1. The summed E-state index contributed by atoms with van der Waals surface area (Å²) in [6, 6.07) is 10.4. The molecule has 0 fully saturated rings. The largest absolute Gasteiger partial charge is 0.497 e. The number of aromatic nitrogens is 1. The molecule has 22 heavy (non-hydrogen) atoms. The molecule has 0 aliphatic rings. The Balaban J connectivity index is 1.84. The Morgan fingerprint density at radius 3 is 2.50 bits per heavy atom. The van der Waals surface area contributed by atoms with Gasteiger partial charge in [-0.15, -0.1) is 0 Å². The molecule has 2 rings (SSSR count). The number of nitrogens with two attached hydrogens (primary N) is 2. The molecule has 0 radical (unpaired) electrons. The zero-order chi connectivity index (χ0) is 15.9. The lowest BCUT2D eigenvalue weighted by Crippen LogP contribution is -2.41. The van der Waals surface area contributed by atoms with Gasteiger partial charge in [0.1, 0.15) is 11.6 Å². The predicted molar refractivity (Wildman–Crippen MR) is 85.2 cm³/mol. The maximum absolute atomic E-state index is 12.0. The van der Waals surface area contributed by atoms with E-state index in [-0.39, 0.29) is 5.91 Å². The van der Waals surface area contributed by atoms with Gasteiger partial charge in [-0.3, -0.25) is 4.79 Å². The number of hydrogen-bond acceptors (Lipinski definition) is 5. The van der Waals surface area contributed by atoms with Crippen LogP contribution in [-0.4, -0.2) is 24.0 Å². The van der Waals surface area contributed by atoms with E-state index in [1.54, 1.807) is 19.4 Å². The molecule has 2 aromatic rings. The summed E-state index contributed by atoms with van der Waals surface area (Å²) in [5.74, 6) is 1.02. The van der Waals surface area contributed by atoms with Crippen molar-refractivity contribution in [3.8, 4) is 5.75 Å². The Labute approximate surface area is 129 Å². The van der Waals surface area contributed by atoms with Crippen molar-refractivity contribution in [1.29, 1.82) is 0 Å². The number of nitrogens with zero attached hydrogens (tertiary/aromatic N) is 1. The fourth-order valence-corrected chi connectivity index (χ4v) is 1.97. The normalized spacial score (nSPS) is 11.7. The Bertz CT molecular complexity index is 611. The number of rotatable bonds is 6. The molecule has 6 heteroatoms. The molecule has 0 saturated heterocycles. The minimum atomic E-state index is -0.602. The van der Waals surface area contributed by atoms with Gasteiger partial charge in [-0.25, -0.2) is 4.98 Å². The van der Waals surface area contributed by atoms with Crippen LogP contribution >= 0.6 is 0 Å². The lowest BCUT2D eigenvalue weighted by Gasteiger charge is -2.12. The molecule has 1 atom stereocenters. The molecule has 0 spiro atoms. The molecule has 6 nitrogen and oxygen atoms in total. The minimum absolute atomic E-state index is 0.201. The first-order valence-corrected chi connectivity index (χ1v) is 6.95. The van der Waals surface area contributed by atoms with Gasteiger partial charge in [-0.2, -0.15) is 0 Å². The summed E-state index contributed by atoms with van der Waals surface area (Å²) in [6.45, 7) is 0.377. The molecule has 0 bridgehead atoms. The first-order valence-electron chi connectivity index (χ1n) is 6.95. The summed E-state index contributed by atoms with van der Waals surface area (Å²) in [5, 5.41) is 2.79. The maximum Gasteiger partial charge on any atom is 0.237 e. The van der Waals surface area contributed by atoms with Crippen molar-refractivity contribution in [2.24, 2.45) is 5.73 Å². The van der Waals surface area contributed by atoms with Crippen LogP contribution in [0, 0.1) is 0 Å². The van der Waals surface area contributed by atoms with Crippen molar-refractivity contribution in [3.63, 3.8) is 0 Å². The van der Waals surface area contributed by atoms with E-state index in [1.165, 1.54) is 0 Å². The number of carbonyl (C=O) groups excluding carboxylic acids is 1. The topological polar surface area (TPSA) is 103 Å². The van der Waals surface area contributed by atoms with Crippen LogP contribution in [0.4, 0.5) is 5.82 Å². The van der Waals surface area contributed by atoms with E-state index in [9.17, 15) is 4.79 Å². The highest BCUT2D eigenvalue weighted by molar-refractivity contribution is 5.81. The van der Waals surface area contributed by atoms with Gasteiger partial charge < -0.3 is 21.5 Å². The third-order valence-electron chi connectivity index (χ3n) is 3.27. The zero-order valence-corrected chi connectivity index (χ0v) is 12.5. The van der Waals surface area contributed by atoms with E-state index in [2.05, 4.69) is 10.3 Å². The average molecular weight is 300 g/mol. The number of ether oxygens (including phenoxy) is 1. The van der Waals surface area contributed by atoms with Gasteiger partial charge in [-0.05, 0) is 35.7 Å². The molecule has 116 valence electrons. The molecule has 0 saturated carbocycles. The summed E-state index contributed by atoms with van der Waals surface area (Å²) in [7, 11) is 1.61. The van der Waals surface area contributed by atoms with Gasteiger partial charge in [0.2, 0.25) is 5.91 Å². The number of nitrogen functional groups attached to an aromatic ring is 1. The number of methoxy groups -OCH3 is 1. The van der Waals surface area contributed by atoms with Gasteiger partial charge in [0.15, 0.2) is 0 Å². The van der Waals surface area contributed by atoms with Crippen molar-refractivity contribution in [1.82, 2.24) is 10.3 Å². The van der Waals surface area contributed by atoms with Crippen molar-refractivity contribution in [2.75, 3.05) is 12.8 Å². The molecule has 1 aromatic heterocycles. The molecular weight excluding hydrogens is 280 g/mol. The maximum atomic E-state index is 12.0. The van der Waals surface area contributed by atoms with Crippen molar-refractivity contribution in [2.45, 2.75) is 19.0 Å². The molecule has 0 unspecified atom stereocenters. The fraction of sp³-hybridized carbons (Fsp3) is 0.250. The van der Waals surface area contributed by atoms with E-state index in [4.69, 9.17) is 16.2 Å². The van der Waals surface area contributed by atoms with Crippen molar-refractivity contribution < 1.29 is 9.53 Å². The van der Waals surface area contributed by atoms with Crippen LogP contribution in [0.5, 0.6) is 5.75 Å². The van der Waals surface area contributed by atoms with E-state index in [1.807, 2.05) is 30.3 Å². The molecule has 1 amide bonds. The standard InChI is InChI=1S/C16H20N4O2/c1-22-13-5-2-11(3-6-13)8-14(17)16(21)20-10-12-4-7-15(18)19-9-12/h2-7,9,14H,8,10,17H2,1H3,(H2,18,19)(H,20,21)/t14-/m0/s1. The quantitative estimate of drug-likeness (QED) is 0.734. The number of carbonyl (C=O) groups is 1. The Hall–Kier alpha value is -2.60. The monoisotopic (exact) mass is 300 g/mol. The zero-order valence-electron chi connectivity index (χ0n) is 12.5. The summed E-state index contributed by atoms with van der Waals surface area (Å²) in [5.41, 5.74) is 13.3. The summed E-state index contributed by atoms with van der Waals surface area (Å²) in [6.07, 6.45) is 2.10. The molecule has 0 aliphatic carbocycles. The van der Waals surface area contributed by atoms with E-state index < -0.39 is 6.04 Å². The summed E-state index contributed by atoms with van der Waals surface area (Å²) < 4.78 is 5.09. The third kappa shape index (κ3) is 4.46. The smallest absolute Gasteiger partial charge is 0.237 e. The van der Waals surface area contributed by atoms with Gasteiger partial charge in [-0.1, -0.05) is 18.2 Å². The second-order valence-corrected chi connectivity index (χ2v) is 4.97. The number of nitrogens with one attached hydrogen (secondary N) is 1. The molecular formula is C16H20N4O2. The molecule has 1 heterocycles. The Morgan fingerprint density at radius 1 is 1.23 bits per heavy atom. The highest BCUT2D eigenvalue weighted by atomic mass is 16.5. The van der Waals surface area contributed by atoms with Gasteiger partial charge >= 0.3 is 0 Å². The van der Waals surface area contributed by atoms with Gasteiger partial charge in [0.25, 0.3) is 0 Å². The third-order valence-corrected chi connectivity index (χ3v) is 3.27. The van der Waals surface area contributed by atoms with E-state index in [0.29, 0.717) is 18.8 Å². The van der Waals surface area contributed by atoms with E-state index >= 15 is 0 Å². The number of benzene rings is 1. The number of pyridine rings is 1. The van der Waals surface area contributed by atoms with Crippen molar-refractivity contribution in [3.05, 3.63) is 53.7 Å². The second kappa shape index (κ2) is 7.42. The van der Waals surface area contributed by atoms with Crippen LogP contribution in [0.15, 0.2) is 42.6 Å². The fourth-order valence-electron chi connectivity index (χ4n) is 1.97. The first kappa shape index (κ1) is 15.8. The van der Waals surface area contributed by atoms with Crippen LogP contribution in [0.1, 0.15) is 11.1 Å². The Morgan fingerprint density at radius 2 is 1.91 bits per heavy atom. The van der Waals surface area contributed by atoms with Crippen LogP contribution in [0.25, 0.3) is 0 Å². The Kier molecular flexibility index (Phi) is 5.32. The second-order valence-electron chi connectivity index (χ2n) is 4.97. The number of hydrogen-bond donors (Lipinski definition) is 3. The average Bonchev–Trinajstić information content (AvgIpc) is 2.54. The summed E-state index contributed by atoms with van der Waals surface area (Å²) in [4.78, 5) is 16.0. The first-order chi connectivity index (χ1) is 10.6. The minimum Gasteiger partial charge on any atom is -0.497 e. The van der Waals surface area contributed by atoms with E-state index in [0.717, 1.165) is 16.9 Å². The SMILES string of the molecule is COc1ccc(C[C@H](N)C(=O)NCc2ccc(N)nc2)cc1. The van der Waals surface area contributed by atoms with Gasteiger partial charge in [0.05, 0.1) is 13.2 Å². The lowest BCUT2D eigenvalue weighted by atomic mass is 10.1. The van der Waals surface area contributed by atoms with Gasteiger partial charge in [0, 0.05) is 12.7 Å². The molecule has 1 aromatic carbocycles. The highest BCUT2D eigenvalue weighted by Crippen LogP contribution is 2.12. The number of anilines is 1. The highest BCUT2D eigenvalue weighted by Gasteiger charge is 2.13. The van der Waals surface area contributed by atoms with Crippen LogP contribution in [0.2, 0.25) is 0 Å². The van der Waals surface area contributed by atoms with Crippen molar-refractivity contribution >= 4 is 11.7 Å². The lowest BCUT2D eigenvalue weighted by molar-refractivity contribution is -0.122. The van der Waals surface area contributed by atoms with Crippen LogP contribution in [0.3, 0.4) is 0 Å². The summed E-state index contributed by atoms with van der Waals surface area (Å²) >= 11 is 0. The molecule has 5 N–H and O–H groups in total. The van der Waals surface area contributed by atoms with Crippen LogP contribution in [-0.2, 0) is 17.8 Å². The molecule has 0 aliphatic heterocycles.